The lowest BCUT2D eigenvalue weighted by Crippen LogP contribution is -2.26. The Balaban J connectivity index is 1.91. The lowest BCUT2D eigenvalue weighted by atomic mass is 9.78. The minimum atomic E-state index is 0.247. The molecule has 0 aliphatic heterocycles. The molecule has 4 heteroatoms. The van der Waals surface area contributed by atoms with Gasteiger partial charge in [0.1, 0.15) is 5.82 Å². The Kier molecular flexibility index (Phi) is 3.44. The zero-order valence-corrected chi connectivity index (χ0v) is 12.5. The second-order valence-electron chi connectivity index (χ2n) is 6.07. The van der Waals surface area contributed by atoms with Crippen LogP contribution in [0.25, 0.3) is 10.7 Å². The Morgan fingerprint density at radius 2 is 2.16 bits per heavy atom. The monoisotopic (exact) mass is 275 g/mol. The Bertz CT molecular complexity index is 521. The van der Waals surface area contributed by atoms with Crippen LogP contribution in [0.15, 0.2) is 17.5 Å². The summed E-state index contributed by atoms with van der Waals surface area (Å²) in [5.74, 6) is 2.68. The summed E-state index contributed by atoms with van der Waals surface area (Å²) < 4.78 is 0. The average molecular weight is 275 g/mol. The number of rotatable bonds is 4. The number of aromatic nitrogens is 3. The van der Waals surface area contributed by atoms with Gasteiger partial charge in [-0.15, -0.1) is 11.3 Å². The third-order valence-corrected chi connectivity index (χ3v) is 4.95. The van der Waals surface area contributed by atoms with Crippen LogP contribution >= 0.6 is 11.3 Å². The molecule has 1 aliphatic rings. The summed E-state index contributed by atoms with van der Waals surface area (Å²) in [4.78, 5) is 5.96. The van der Waals surface area contributed by atoms with Crippen LogP contribution in [0.4, 0.5) is 0 Å². The number of hydrogen-bond donors (Lipinski definition) is 1. The first-order valence-corrected chi connectivity index (χ1v) is 8.04. The largest absolute Gasteiger partial charge is 0.262 e. The molecule has 19 heavy (non-hydrogen) atoms. The van der Waals surface area contributed by atoms with Gasteiger partial charge in [0.05, 0.1) is 4.88 Å². The van der Waals surface area contributed by atoms with E-state index in [1.165, 1.54) is 32.1 Å². The van der Waals surface area contributed by atoms with E-state index in [4.69, 9.17) is 4.98 Å². The molecule has 0 aromatic carbocycles. The van der Waals surface area contributed by atoms with Crippen LogP contribution in [0.3, 0.4) is 0 Å². The van der Waals surface area contributed by atoms with Crippen LogP contribution in [-0.2, 0) is 5.41 Å². The van der Waals surface area contributed by atoms with E-state index in [-0.39, 0.29) is 5.41 Å². The quantitative estimate of drug-likeness (QED) is 0.899. The molecule has 0 bridgehead atoms. The normalized spacial score (nSPS) is 18.3. The number of nitrogens with zero attached hydrogens (tertiary/aromatic N) is 2. The van der Waals surface area contributed by atoms with Crippen molar-refractivity contribution < 1.29 is 0 Å². The van der Waals surface area contributed by atoms with Gasteiger partial charge in [0.2, 0.25) is 0 Å². The molecule has 0 unspecified atom stereocenters. The SMILES string of the molecule is CC(C)CC1(c2nc(-c3cccs3)n[nH]2)CCCC1. The highest BCUT2D eigenvalue weighted by atomic mass is 32.1. The van der Waals surface area contributed by atoms with Gasteiger partial charge in [0, 0.05) is 5.41 Å². The predicted octanol–water partition coefficient (Wildman–Crippen LogP) is 4.39. The topological polar surface area (TPSA) is 41.6 Å². The molecule has 1 aliphatic carbocycles. The number of nitrogens with one attached hydrogen (secondary N) is 1. The lowest BCUT2D eigenvalue weighted by molar-refractivity contribution is 0.330. The highest BCUT2D eigenvalue weighted by Gasteiger charge is 2.39. The first-order valence-electron chi connectivity index (χ1n) is 7.16. The fourth-order valence-electron chi connectivity index (χ4n) is 3.39. The van der Waals surface area contributed by atoms with Crippen LogP contribution in [0, 0.1) is 5.92 Å². The van der Waals surface area contributed by atoms with E-state index in [1.54, 1.807) is 11.3 Å². The van der Waals surface area contributed by atoms with E-state index in [0.717, 1.165) is 16.5 Å². The van der Waals surface area contributed by atoms with Crippen LogP contribution in [0.1, 0.15) is 51.8 Å². The number of aromatic amines is 1. The molecule has 0 spiro atoms. The zero-order chi connectivity index (χ0) is 13.3. The summed E-state index contributed by atoms with van der Waals surface area (Å²) in [6.07, 6.45) is 6.37. The van der Waals surface area contributed by atoms with Crippen molar-refractivity contribution >= 4 is 11.3 Å². The molecule has 1 saturated carbocycles. The average Bonchev–Trinajstić information content (AvgIpc) is 3.10. The summed E-state index contributed by atoms with van der Waals surface area (Å²) in [7, 11) is 0. The summed E-state index contributed by atoms with van der Waals surface area (Å²) >= 11 is 1.70. The molecule has 3 nitrogen and oxygen atoms in total. The fraction of sp³-hybridized carbons (Fsp3) is 0.600. The van der Waals surface area contributed by atoms with E-state index >= 15 is 0 Å². The summed E-state index contributed by atoms with van der Waals surface area (Å²) in [6.45, 7) is 4.60. The van der Waals surface area contributed by atoms with Crippen LogP contribution in [0.2, 0.25) is 0 Å². The van der Waals surface area contributed by atoms with Crippen LogP contribution in [0.5, 0.6) is 0 Å². The Hall–Kier alpha value is -1.16. The van der Waals surface area contributed by atoms with Gasteiger partial charge in [0.25, 0.3) is 0 Å². The van der Waals surface area contributed by atoms with E-state index in [9.17, 15) is 0 Å². The molecular formula is C15H21N3S. The van der Waals surface area contributed by atoms with Crippen molar-refractivity contribution in [1.29, 1.82) is 0 Å². The van der Waals surface area contributed by atoms with E-state index in [1.807, 2.05) is 0 Å². The van der Waals surface area contributed by atoms with Gasteiger partial charge in [-0.3, -0.25) is 5.10 Å². The molecular weight excluding hydrogens is 254 g/mol. The van der Waals surface area contributed by atoms with E-state index < -0.39 is 0 Å². The van der Waals surface area contributed by atoms with Gasteiger partial charge in [-0.2, -0.15) is 5.10 Å². The molecule has 2 aromatic heterocycles. The van der Waals surface area contributed by atoms with Crippen molar-refractivity contribution in [2.45, 2.75) is 51.4 Å². The maximum Gasteiger partial charge on any atom is 0.191 e. The second-order valence-corrected chi connectivity index (χ2v) is 7.02. The van der Waals surface area contributed by atoms with Gasteiger partial charge in [-0.25, -0.2) is 4.98 Å². The predicted molar refractivity (Wildman–Crippen MR) is 79.3 cm³/mol. The molecule has 3 rings (SSSR count). The highest BCUT2D eigenvalue weighted by Crippen LogP contribution is 2.44. The smallest absolute Gasteiger partial charge is 0.191 e. The second kappa shape index (κ2) is 5.08. The van der Waals surface area contributed by atoms with E-state index in [2.05, 4.69) is 41.6 Å². The summed E-state index contributed by atoms with van der Waals surface area (Å²) in [5, 5.41) is 9.73. The Morgan fingerprint density at radius 1 is 1.37 bits per heavy atom. The fourth-order valence-corrected chi connectivity index (χ4v) is 4.04. The third kappa shape index (κ3) is 2.46. The van der Waals surface area contributed by atoms with Gasteiger partial charge < -0.3 is 0 Å². The molecule has 0 atom stereocenters. The van der Waals surface area contributed by atoms with Gasteiger partial charge in [0.15, 0.2) is 5.82 Å². The Morgan fingerprint density at radius 3 is 2.79 bits per heavy atom. The standard InChI is InChI=1S/C15H21N3S/c1-11(2)10-15(7-3-4-8-15)14-16-13(17-18-14)12-6-5-9-19-12/h5-6,9,11H,3-4,7-8,10H2,1-2H3,(H,16,17,18). The number of hydrogen-bond acceptors (Lipinski definition) is 3. The van der Waals surface area contributed by atoms with E-state index in [0.29, 0.717) is 5.92 Å². The molecule has 0 radical (unpaired) electrons. The lowest BCUT2D eigenvalue weighted by Gasteiger charge is -2.28. The first kappa shape index (κ1) is 12.9. The summed E-state index contributed by atoms with van der Waals surface area (Å²) in [6, 6.07) is 4.14. The van der Waals surface area contributed by atoms with Crippen molar-refractivity contribution in [3.05, 3.63) is 23.3 Å². The van der Waals surface area contributed by atoms with Crippen molar-refractivity contribution in [2.24, 2.45) is 5.92 Å². The molecule has 1 N–H and O–H groups in total. The molecule has 2 aromatic rings. The minimum Gasteiger partial charge on any atom is -0.262 e. The maximum atomic E-state index is 4.80. The van der Waals surface area contributed by atoms with Crippen molar-refractivity contribution in [3.8, 4) is 10.7 Å². The molecule has 0 saturated heterocycles. The third-order valence-electron chi connectivity index (χ3n) is 4.09. The van der Waals surface area contributed by atoms with Crippen molar-refractivity contribution in [2.75, 3.05) is 0 Å². The molecule has 0 amide bonds. The zero-order valence-electron chi connectivity index (χ0n) is 11.6. The van der Waals surface area contributed by atoms with Gasteiger partial charge in [-0.1, -0.05) is 32.8 Å². The number of H-pyrrole nitrogens is 1. The van der Waals surface area contributed by atoms with Crippen LogP contribution < -0.4 is 0 Å². The summed E-state index contributed by atoms with van der Waals surface area (Å²) in [5.41, 5.74) is 0.247. The highest BCUT2D eigenvalue weighted by molar-refractivity contribution is 7.13. The van der Waals surface area contributed by atoms with Crippen molar-refractivity contribution in [3.63, 3.8) is 0 Å². The van der Waals surface area contributed by atoms with Crippen molar-refractivity contribution in [1.82, 2.24) is 15.2 Å². The Labute approximate surface area is 118 Å². The van der Waals surface area contributed by atoms with Gasteiger partial charge in [-0.05, 0) is 36.6 Å². The minimum absolute atomic E-state index is 0.247. The first-order chi connectivity index (χ1) is 9.20. The number of thiophene rings is 1. The molecule has 1 fully saturated rings. The molecule has 102 valence electrons. The maximum absolute atomic E-state index is 4.80. The van der Waals surface area contributed by atoms with Gasteiger partial charge >= 0.3 is 0 Å². The van der Waals surface area contributed by atoms with Crippen LogP contribution in [-0.4, -0.2) is 15.2 Å². The molecule has 2 heterocycles.